The third kappa shape index (κ3) is 3.87. The average molecular weight is 366 g/mol. The summed E-state index contributed by atoms with van der Waals surface area (Å²) < 4.78 is 5.95. The number of carbonyl (C=O) groups is 1. The van der Waals surface area contributed by atoms with Gasteiger partial charge in [0.2, 0.25) is 0 Å². The minimum absolute atomic E-state index is 0.0320. The molecule has 0 N–H and O–H groups in total. The Kier molecular flexibility index (Phi) is 5.18. The molecule has 27 heavy (non-hydrogen) atoms. The number of rotatable bonds is 5. The van der Waals surface area contributed by atoms with E-state index >= 15 is 0 Å². The van der Waals surface area contributed by atoms with Gasteiger partial charge in [-0.05, 0) is 56.1 Å². The van der Waals surface area contributed by atoms with E-state index in [2.05, 4.69) is 21.9 Å². The number of hydrogen-bond donors (Lipinski definition) is 0. The summed E-state index contributed by atoms with van der Waals surface area (Å²) >= 11 is 0. The Morgan fingerprint density at radius 2 is 2.15 bits per heavy atom. The van der Waals surface area contributed by atoms with E-state index in [0.717, 1.165) is 44.6 Å². The molecule has 0 radical (unpaired) electrons. The van der Waals surface area contributed by atoms with Gasteiger partial charge in [0.25, 0.3) is 5.91 Å². The number of likely N-dealkylation sites (N-methyl/N-ethyl adjacent to an activating group) is 1. The van der Waals surface area contributed by atoms with Gasteiger partial charge in [-0.2, -0.15) is 0 Å². The number of piperidine rings is 1. The van der Waals surface area contributed by atoms with Crippen LogP contribution in [0.3, 0.4) is 0 Å². The quantitative estimate of drug-likeness (QED) is 0.812. The zero-order valence-electron chi connectivity index (χ0n) is 15.8. The van der Waals surface area contributed by atoms with Gasteiger partial charge < -0.3 is 9.64 Å². The molecule has 0 saturated carbocycles. The van der Waals surface area contributed by atoms with E-state index in [9.17, 15) is 4.79 Å². The number of carbonyl (C=O) groups excluding carboxylic acids is 1. The van der Waals surface area contributed by atoms with Crippen molar-refractivity contribution in [3.8, 4) is 0 Å². The molecule has 4 rings (SSSR count). The maximum absolute atomic E-state index is 12.6. The molecule has 142 valence electrons. The van der Waals surface area contributed by atoms with E-state index < -0.39 is 0 Å². The number of nitrogens with zero attached hydrogens (tertiary/aromatic N) is 4. The molecule has 1 spiro atoms. The molecule has 2 aromatic heterocycles. The van der Waals surface area contributed by atoms with Gasteiger partial charge in [-0.15, -0.1) is 0 Å². The third-order valence-corrected chi connectivity index (χ3v) is 5.84. The third-order valence-electron chi connectivity index (χ3n) is 5.84. The molecule has 2 aliphatic heterocycles. The van der Waals surface area contributed by atoms with Crippen LogP contribution in [-0.4, -0.2) is 64.5 Å². The van der Waals surface area contributed by atoms with Gasteiger partial charge in [0, 0.05) is 38.3 Å². The van der Waals surface area contributed by atoms with Gasteiger partial charge in [0.15, 0.2) is 0 Å². The second-order valence-corrected chi connectivity index (χ2v) is 7.76. The van der Waals surface area contributed by atoms with Crippen LogP contribution >= 0.6 is 0 Å². The summed E-state index contributed by atoms with van der Waals surface area (Å²) in [5, 5.41) is 0. The van der Waals surface area contributed by atoms with E-state index in [1.807, 2.05) is 35.4 Å². The Morgan fingerprint density at radius 3 is 2.89 bits per heavy atom. The first kappa shape index (κ1) is 18.1. The normalized spacial score (nSPS) is 21.8. The second kappa shape index (κ2) is 7.74. The fourth-order valence-corrected chi connectivity index (χ4v) is 4.21. The molecular weight excluding hydrogens is 340 g/mol. The number of ether oxygens (including phenoxy) is 1. The van der Waals surface area contributed by atoms with Crippen molar-refractivity contribution < 1.29 is 9.53 Å². The first-order valence-electron chi connectivity index (χ1n) is 9.54. The van der Waals surface area contributed by atoms with Crippen LogP contribution in [0.5, 0.6) is 0 Å². The smallest absolute Gasteiger partial charge is 0.272 e. The van der Waals surface area contributed by atoms with Crippen LogP contribution in [0.1, 0.15) is 28.9 Å². The van der Waals surface area contributed by atoms with E-state index in [-0.39, 0.29) is 11.4 Å². The summed E-state index contributed by atoms with van der Waals surface area (Å²) in [6, 6.07) is 9.45. The molecule has 1 unspecified atom stereocenters. The summed E-state index contributed by atoms with van der Waals surface area (Å²) in [7, 11) is 2.18. The standard InChI is InChI=1S/C21H26N4O2/c1-24-10-7-17(13-27-14-18-5-4-8-22-12-18)11-21(24)15-25(16-21)20(26)19-6-2-3-9-23-19/h2-6,8-9,12,17H,7,10-11,13-16H2,1H3. The van der Waals surface area contributed by atoms with Crippen molar-refractivity contribution in [2.75, 3.05) is 33.3 Å². The Hall–Kier alpha value is -2.31. The average Bonchev–Trinajstić information content (AvgIpc) is 2.68. The van der Waals surface area contributed by atoms with Crippen LogP contribution in [0.15, 0.2) is 48.9 Å². The number of aromatic nitrogens is 2. The highest BCUT2D eigenvalue weighted by molar-refractivity contribution is 5.93. The molecule has 6 heteroatoms. The topological polar surface area (TPSA) is 58.6 Å². The fraction of sp³-hybridized carbons (Fsp3) is 0.476. The van der Waals surface area contributed by atoms with E-state index in [1.165, 1.54) is 0 Å². The van der Waals surface area contributed by atoms with Crippen molar-refractivity contribution >= 4 is 5.91 Å². The van der Waals surface area contributed by atoms with Gasteiger partial charge in [-0.1, -0.05) is 12.1 Å². The Balaban J connectivity index is 1.30. The fourth-order valence-electron chi connectivity index (χ4n) is 4.21. The zero-order chi connectivity index (χ0) is 18.7. The SMILES string of the molecule is CN1CCC(COCc2cccnc2)CC12CN(C(=O)c1ccccn1)C2. The van der Waals surface area contributed by atoms with Crippen LogP contribution in [0.4, 0.5) is 0 Å². The first-order valence-corrected chi connectivity index (χ1v) is 9.54. The van der Waals surface area contributed by atoms with Crippen LogP contribution in [0.2, 0.25) is 0 Å². The van der Waals surface area contributed by atoms with Crippen molar-refractivity contribution in [2.45, 2.75) is 25.0 Å². The first-order chi connectivity index (χ1) is 13.2. The summed E-state index contributed by atoms with van der Waals surface area (Å²) in [6.07, 6.45) is 7.51. The minimum atomic E-state index is 0.0320. The largest absolute Gasteiger partial charge is 0.376 e. The predicted octanol–water partition coefficient (Wildman–Crippen LogP) is 2.23. The summed E-state index contributed by atoms with van der Waals surface area (Å²) in [6.45, 7) is 3.97. The summed E-state index contributed by atoms with van der Waals surface area (Å²) in [5.41, 5.74) is 1.73. The summed E-state index contributed by atoms with van der Waals surface area (Å²) in [4.78, 5) is 25.2. The van der Waals surface area contributed by atoms with Crippen molar-refractivity contribution in [3.05, 3.63) is 60.2 Å². The number of hydrogen-bond acceptors (Lipinski definition) is 5. The van der Waals surface area contributed by atoms with Gasteiger partial charge in [-0.3, -0.25) is 19.7 Å². The van der Waals surface area contributed by atoms with Crippen molar-refractivity contribution in [2.24, 2.45) is 5.92 Å². The lowest BCUT2D eigenvalue weighted by Gasteiger charge is -2.58. The molecule has 1 atom stereocenters. The molecule has 0 aliphatic carbocycles. The molecule has 0 aromatic carbocycles. The lowest BCUT2D eigenvalue weighted by atomic mass is 9.75. The van der Waals surface area contributed by atoms with Crippen LogP contribution < -0.4 is 0 Å². The maximum atomic E-state index is 12.6. The van der Waals surface area contributed by atoms with Crippen LogP contribution in [-0.2, 0) is 11.3 Å². The van der Waals surface area contributed by atoms with E-state index in [1.54, 1.807) is 18.5 Å². The van der Waals surface area contributed by atoms with Crippen LogP contribution in [0.25, 0.3) is 0 Å². The van der Waals surface area contributed by atoms with Gasteiger partial charge >= 0.3 is 0 Å². The van der Waals surface area contributed by atoms with E-state index in [0.29, 0.717) is 18.2 Å². The monoisotopic (exact) mass is 366 g/mol. The molecule has 2 saturated heterocycles. The molecule has 2 aliphatic rings. The van der Waals surface area contributed by atoms with Crippen LogP contribution in [0, 0.1) is 5.92 Å². The van der Waals surface area contributed by atoms with Crippen molar-refractivity contribution in [3.63, 3.8) is 0 Å². The molecule has 2 fully saturated rings. The molecule has 1 amide bonds. The molecule has 0 bridgehead atoms. The molecule has 2 aromatic rings. The highest BCUT2D eigenvalue weighted by Gasteiger charge is 2.51. The van der Waals surface area contributed by atoms with E-state index in [4.69, 9.17) is 4.74 Å². The highest BCUT2D eigenvalue weighted by Crippen LogP contribution is 2.38. The maximum Gasteiger partial charge on any atom is 0.272 e. The highest BCUT2D eigenvalue weighted by atomic mass is 16.5. The van der Waals surface area contributed by atoms with Gasteiger partial charge in [0.1, 0.15) is 5.69 Å². The number of pyridine rings is 2. The lowest BCUT2D eigenvalue weighted by Crippen LogP contribution is -2.72. The Labute approximate surface area is 160 Å². The minimum Gasteiger partial charge on any atom is -0.376 e. The second-order valence-electron chi connectivity index (χ2n) is 7.76. The number of amides is 1. The van der Waals surface area contributed by atoms with Gasteiger partial charge in [0.05, 0.1) is 12.1 Å². The van der Waals surface area contributed by atoms with Crippen molar-refractivity contribution in [1.29, 1.82) is 0 Å². The predicted molar refractivity (Wildman–Crippen MR) is 102 cm³/mol. The van der Waals surface area contributed by atoms with Gasteiger partial charge in [-0.25, -0.2) is 0 Å². The molecule has 4 heterocycles. The summed E-state index contributed by atoms with van der Waals surface area (Å²) in [5.74, 6) is 0.564. The Morgan fingerprint density at radius 1 is 1.26 bits per heavy atom. The zero-order valence-corrected chi connectivity index (χ0v) is 15.8. The van der Waals surface area contributed by atoms with Crippen molar-refractivity contribution in [1.82, 2.24) is 19.8 Å². The molecular formula is C21H26N4O2. The Bertz CT molecular complexity index is 762. The lowest BCUT2D eigenvalue weighted by molar-refractivity contribution is -0.0769. The molecule has 6 nitrogen and oxygen atoms in total. The number of likely N-dealkylation sites (tertiary alicyclic amines) is 2.